The molecule has 0 N–H and O–H groups in total. The lowest BCUT2D eigenvalue weighted by Gasteiger charge is -2.05. The molecule has 0 aromatic carbocycles. The summed E-state index contributed by atoms with van der Waals surface area (Å²) in [5, 5.41) is 0. The third-order valence-corrected chi connectivity index (χ3v) is 2.71. The van der Waals surface area contributed by atoms with Crippen LogP contribution in [-0.4, -0.2) is 9.13 Å². The van der Waals surface area contributed by atoms with E-state index in [9.17, 15) is 9.59 Å². The second kappa shape index (κ2) is 4.40. The molecule has 1 aromatic rings. The molecular weight excluding hydrogens is 204 g/mol. The minimum absolute atomic E-state index is 0.287. The van der Waals surface area contributed by atoms with Gasteiger partial charge in [0.2, 0.25) is 0 Å². The van der Waals surface area contributed by atoms with Gasteiger partial charge in [-0.3, -0.25) is 14.2 Å². The lowest BCUT2D eigenvalue weighted by atomic mass is 10.4. The lowest BCUT2D eigenvalue weighted by molar-refractivity contribution is 0.581. The molecule has 1 heterocycles. The third kappa shape index (κ3) is 2.25. The van der Waals surface area contributed by atoms with E-state index >= 15 is 0 Å². The Morgan fingerprint density at radius 1 is 1.25 bits per heavy atom. The number of aromatic nitrogens is 2. The first-order chi connectivity index (χ1) is 7.72. The van der Waals surface area contributed by atoms with Gasteiger partial charge in [-0.2, -0.15) is 0 Å². The van der Waals surface area contributed by atoms with E-state index in [0.29, 0.717) is 12.5 Å². The van der Waals surface area contributed by atoms with Crippen molar-refractivity contribution in [1.82, 2.24) is 9.13 Å². The topological polar surface area (TPSA) is 44.0 Å². The van der Waals surface area contributed by atoms with Crippen LogP contribution in [0.5, 0.6) is 0 Å². The standard InChI is InChI=1S/C12H14N2O2/c1-2-3-6-13-7-8-14(9-10-4-5-10)12(16)11(13)15/h7-8,10H,4-6,9H2,1H3. The summed E-state index contributed by atoms with van der Waals surface area (Å²) in [4.78, 5) is 23.4. The molecule has 2 rings (SSSR count). The molecule has 84 valence electrons. The lowest BCUT2D eigenvalue weighted by Crippen LogP contribution is -2.40. The Kier molecular flexibility index (Phi) is 2.95. The molecule has 0 radical (unpaired) electrons. The highest BCUT2D eigenvalue weighted by molar-refractivity contribution is 4.98. The molecule has 4 heteroatoms. The van der Waals surface area contributed by atoms with Gasteiger partial charge in [0.15, 0.2) is 0 Å². The van der Waals surface area contributed by atoms with Crippen molar-refractivity contribution in [2.24, 2.45) is 5.92 Å². The highest BCUT2D eigenvalue weighted by Gasteiger charge is 2.22. The van der Waals surface area contributed by atoms with Crippen molar-refractivity contribution in [2.45, 2.75) is 32.9 Å². The molecule has 0 saturated heterocycles. The van der Waals surface area contributed by atoms with E-state index in [4.69, 9.17) is 0 Å². The maximum atomic E-state index is 11.7. The number of hydrogen-bond acceptors (Lipinski definition) is 2. The van der Waals surface area contributed by atoms with Crippen molar-refractivity contribution < 1.29 is 0 Å². The van der Waals surface area contributed by atoms with Crippen LogP contribution in [0.2, 0.25) is 0 Å². The zero-order valence-electron chi connectivity index (χ0n) is 9.27. The Bertz CT molecular complexity index is 553. The van der Waals surface area contributed by atoms with Crippen molar-refractivity contribution in [2.75, 3.05) is 0 Å². The van der Waals surface area contributed by atoms with Crippen molar-refractivity contribution in [1.29, 1.82) is 0 Å². The molecule has 0 bridgehead atoms. The summed E-state index contributed by atoms with van der Waals surface area (Å²) in [6, 6.07) is 0. The summed E-state index contributed by atoms with van der Waals surface area (Å²) in [5.74, 6) is 6.06. The summed E-state index contributed by atoms with van der Waals surface area (Å²) in [7, 11) is 0. The van der Waals surface area contributed by atoms with Crippen LogP contribution in [0.1, 0.15) is 19.8 Å². The second-order valence-corrected chi connectivity index (χ2v) is 4.06. The highest BCUT2D eigenvalue weighted by Crippen LogP contribution is 2.29. The maximum absolute atomic E-state index is 11.7. The Balaban J connectivity index is 2.30. The molecule has 0 amide bonds. The Hall–Kier alpha value is -1.76. The summed E-state index contributed by atoms with van der Waals surface area (Å²) >= 11 is 0. The van der Waals surface area contributed by atoms with Crippen LogP contribution < -0.4 is 11.1 Å². The summed E-state index contributed by atoms with van der Waals surface area (Å²) in [6.45, 7) is 2.67. The highest BCUT2D eigenvalue weighted by atomic mass is 16.2. The molecule has 0 atom stereocenters. The molecule has 0 unspecified atom stereocenters. The van der Waals surface area contributed by atoms with Crippen LogP contribution in [-0.2, 0) is 13.1 Å². The molecule has 1 aromatic heterocycles. The van der Waals surface area contributed by atoms with Gasteiger partial charge in [-0.15, -0.1) is 5.92 Å². The van der Waals surface area contributed by atoms with Gasteiger partial charge in [0.25, 0.3) is 0 Å². The normalized spacial score (nSPS) is 14.3. The van der Waals surface area contributed by atoms with Gasteiger partial charge in [-0.25, -0.2) is 0 Å². The third-order valence-electron chi connectivity index (χ3n) is 2.71. The van der Waals surface area contributed by atoms with Gasteiger partial charge >= 0.3 is 11.1 Å². The fraction of sp³-hybridized carbons (Fsp3) is 0.500. The van der Waals surface area contributed by atoms with Gasteiger partial charge in [0.05, 0.1) is 6.54 Å². The van der Waals surface area contributed by atoms with Crippen LogP contribution in [0.25, 0.3) is 0 Å². The number of rotatable bonds is 3. The molecule has 1 aliphatic rings. The molecule has 16 heavy (non-hydrogen) atoms. The van der Waals surface area contributed by atoms with Gasteiger partial charge in [-0.1, -0.05) is 5.92 Å². The van der Waals surface area contributed by atoms with Gasteiger partial charge in [0, 0.05) is 18.9 Å². The first kappa shape index (κ1) is 10.7. The monoisotopic (exact) mass is 218 g/mol. The van der Waals surface area contributed by atoms with Crippen molar-refractivity contribution in [3.63, 3.8) is 0 Å². The molecular formula is C12H14N2O2. The molecule has 0 spiro atoms. The molecule has 1 fully saturated rings. The SMILES string of the molecule is CC#CCn1ccn(CC2CC2)c(=O)c1=O. The number of nitrogens with zero attached hydrogens (tertiary/aromatic N) is 2. The molecule has 1 saturated carbocycles. The Morgan fingerprint density at radius 3 is 2.50 bits per heavy atom. The molecule has 4 nitrogen and oxygen atoms in total. The summed E-state index contributed by atoms with van der Waals surface area (Å²) < 4.78 is 2.86. The van der Waals surface area contributed by atoms with E-state index in [1.165, 1.54) is 9.13 Å². The summed E-state index contributed by atoms with van der Waals surface area (Å²) in [5.41, 5.74) is -0.918. The minimum Gasteiger partial charge on any atom is -0.309 e. The van der Waals surface area contributed by atoms with E-state index in [1.807, 2.05) is 0 Å². The van der Waals surface area contributed by atoms with E-state index in [-0.39, 0.29) is 6.54 Å². The van der Waals surface area contributed by atoms with Gasteiger partial charge in [0.1, 0.15) is 0 Å². The van der Waals surface area contributed by atoms with E-state index in [1.54, 1.807) is 19.3 Å². The van der Waals surface area contributed by atoms with Crippen LogP contribution in [0, 0.1) is 17.8 Å². The first-order valence-electron chi connectivity index (χ1n) is 5.42. The average molecular weight is 218 g/mol. The predicted molar refractivity (Wildman–Crippen MR) is 61.1 cm³/mol. The molecule has 1 aliphatic carbocycles. The Morgan fingerprint density at radius 2 is 1.88 bits per heavy atom. The largest absolute Gasteiger partial charge is 0.317 e. The van der Waals surface area contributed by atoms with Gasteiger partial charge < -0.3 is 4.57 Å². The first-order valence-corrected chi connectivity index (χ1v) is 5.42. The number of hydrogen-bond donors (Lipinski definition) is 0. The van der Waals surface area contributed by atoms with Crippen LogP contribution in [0.4, 0.5) is 0 Å². The Labute approximate surface area is 93.5 Å². The van der Waals surface area contributed by atoms with Crippen molar-refractivity contribution in [3.8, 4) is 11.8 Å². The zero-order chi connectivity index (χ0) is 11.5. The van der Waals surface area contributed by atoms with Crippen LogP contribution in [0.3, 0.4) is 0 Å². The quantitative estimate of drug-likeness (QED) is 0.546. The minimum atomic E-state index is -0.481. The van der Waals surface area contributed by atoms with E-state index < -0.39 is 11.1 Å². The van der Waals surface area contributed by atoms with Crippen molar-refractivity contribution >= 4 is 0 Å². The zero-order valence-corrected chi connectivity index (χ0v) is 9.27. The maximum Gasteiger partial charge on any atom is 0.317 e. The van der Waals surface area contributed by atoms with Crippen molar-refractivity contribution in [3.05, 3.63) is 33.1 Å². The fourth-order valence-electron chi connectivity index (χ4n) is 1.55. The second-order valence-electron chi connectivity index (χ2n) is 4.06. The smallest absolute Gasteiger partial charge is 0.309 e. The summed E-state index contributed by atoms with van der Waals surface area (Å²) in [6.07, 6.45) is 5.64. The van der Waals surface area contributed by atoms with E-state index in [0.717, 1.165) is 12.8 Å². The molecule has 0 aliphatic heterocycles. The van der Waals surface area contributed by atoms with E-state index in [2.05, 4.69) is 11.8 Å². The van der Waals surface area contributed by atoms with Crippen LogP contribution >= 0.6 is 0 Å². The fourth-order valence-corrected chi connectivity index (χ4v) is 1.55. The van der Waals surface area contributed by atoms with Gasteiger partial charge in [-0.05, 0) is 25.7 Å². The predicted octanol–water partition coefficient (Wildman–Crippen LogP) is 0.443. The van der Waals surface area contributed by atoms with Crippen LogP contribution in [0.15, 0.2) is 22.0 Å². The average Bonchev–Trinajstić information content (AvgIpc) is 3.08.